The van der Waals surface area contributed by atoms with E-state index in [2.05, 4.69) is 102 Å². The van der Waals surface area contributed by atoms with E-state index in [0.717, 1.165) is 53.7 Å². The van der Waals surface area contributed by atoms with Crippen LogP contribution < -0.4 is 9.47 Å². The number of halogens is 4. The van der Waals surface area contributed by atoms with Crippen molar-refractivity contribution in [2.45, 2.75) is 31.5 Å². The molecule has 4 nitrogen and oxygen atoms in total. The summed E-state index contributed by atoms with van der Waals surface area (Å²) in [7, 11) is 0. The summed E-state index contributed by atoms with van der Waals surface area (Å²) in [5.74, 6) is 1.60. The van der Waals surface area contributed by atoms with Crippen LogP contribution in [0.15, 0.2) is 42.2 Å². The van der Waals surface area contributed by atoms with Crippen LogP contribution in [0.1, 0.15) is 25.0 Å². The molecule has 2 heterocycles. The van der Waals surface area contributed by atoms with E-state index < -0.39 is 0 Å². The van der Waals surface area contributed by atoms with Crippen molar-refractivity contribution in [3.8, 4) is 11.5 Å². The molecule has 4 rings (SSSR count). The first-order valence-corrected chi connectivity index (χ1v) is 12.4. The van der Waals surface area contributed by atoms with E-state index in [0.29, 0.717) is 13.2 Å². The second kappa shape index (κ2) is 8.79. The first kappa shape index (κ1) is 22.1. The van der Waals surface area contributed by atoms with Crippen LogP contribution in [0.2, 0.25) is 0 Å². The van der Waals surface area contributed by atoms with Gasteiger partial charge in [-0.05, 0) is 99.1 Å². The predicted molar refractivity (Wildman–Crippen MR) is 126 cm³/mol. The molecule has 0 aromatic heterocycles. The fourth-order valence-electron chi connectivity index (χ4n) is 2.97. The summed E-state index contributed by atoms with van der Waals surface area (Å²) in [6, 6.07) is 8.46. The molecule has 0 unspecified atom stereocenters. The van der Waals surface area contributed by atoms with Crippen LogP contribution in [-0.2, 0) is 14.9 Å². The molecule has 2 aromatic rings. The zero-order chi connectivity index (χ0) is 20.8. The normalized spacial score (nSPS) is 20.5. The number of epoxide rings is 2. The van der Waals surface area contributed by atoms with E-state index in [1.807, 2.05) is 0 Å². The van der Waals surface area contributed by atoms with Crippen molar-refractivity contribution in [1.29, 1.82) is 0 Å². The molecule has 2 fully saturated rings. The monoisotopic (exact) mass is 652 g/mol. The van der Waals surface area contributed by atoms with Gasteiger partial charge < -0.3 is 18.9 Å². The lowest BCUT2D eigenvalue weighted by Crippen LogP contribution is -2.19. The minimum atomic E-state index is -0.244. The Hall–Kier alpha value is -0.120. The first-order valence-electron chi connectivity index (χ1n) is 9.23. The number of hydrogen-bond donors (Lipinski definition) is 0. The summed E-state index contributed by atoms with van der Waals surface area (Å²) in [5.41, 5.74) is 2.07. The van der Waals surface area contributed by atoms with Gasteiger partial charge in [0, 0.05) is 5.41 Å². The lowest BCUT2D eigenvalue weighted by atomic mass is 9.78. The van der Waals surface area contributed by atoms with E-state index in [9.17, 15) is 0 Å². The van der Waals surface area contributed by atoms with Crippen molar-refractivity contribution in [1.82, 2.24) is 0 Å². The topological polar surface area (TPSA) is 43.5 Å². The zero-order valence-electron chi connectivity index (χ0n) is 15.9. The lowest BCUT2D eigenvalue weighted by molar-refractivity contribution is 0.260. The van der Waals surface area contributed by atoms with Crippen LogP contribution in [0.25, 0.3) is 0 Å². The standard InChI is InChI=1S/C21H20Br4O4/c1-21(2,11-3-15(22)19(16(23)4-11)28-9-13-7-26-13)12-5-17(24)20(18(25)6-12)29-10-14-8-27-14/h3-6,13-14H,7-10H2,1-2H3/t13-,14-/m1/s1. The lowest BCUT2D eigenvalue weighted by Gasteiger charge is -2.28. The molecule has 0 N–H and O–H groups in total. The van der Waals surface area contributed by atoms with Crippen molar-refractivity contribution in [2.75, 3.05) is 26.4 Å². The van der Waals surface area contributed by atoms with Crippen LogP contribution >= 0.6 is 63.7 Å². The zero-order valence-corrected chi connectivity index (χ0v) is 22.3. The Morgan fingerprint density at radius 3 is 1.34 bits per heavy atom. The quantitative estimate of drug-likeness (QED) is 0.300. The highest BCUT2D eigenvalue weighted by molar-refractivity contribution is 9.11. The summed E-state index contributed by atoms with van der Waals surface area (Å²) in [4.78, 5) is 0. The Balaban J connectivity index is 1.59. The molecule has 2 aliphatic rings. The van der Waals surface area contributed by atoms with Crippen molar-refractivity contribution >= 4 is 63.7 Å². The van der Waals surface area contributed by atoms with Crippen LogP contribution in [0, 0.1) is 0 Å². The van der Waals surface area contributed by atoms with Gasteiger partial charge in [0.1, 0.15) is 36.9 Å². The fourth-order valence-corrected chi connectivity index (χ4v) is 5.80. The third-order valence-electron chi connectivity index (χ3n) is 5.07. The van der Waals surface area contributed by atoms with Crippen molar-refractivity contribution in [3.63, 3.8) is 0 Å². The second-order valence-electron chi connectivity index (χ2n) is 7.70. The van der Waals surface area contributed by atoms with Gasteiger partial charge in [-0.3, -0.25) is 0 Å². The second-order valence-corrected chi connectivity index (χ2v) is 11.1. The largest absolute Gasteiger partial charge is 0.488 e. The molecular weight excluding hydrogens is 636 g/mol. The number of rotatable bonds is 8. The minimum Gasteiger partial charge on any atom is -0.488 e. The van der Waals surface area contributed by atoms with Crippen molar-refractivity contribution in [2.24, 2.45) is 0 Å². The summed E-state index contributed by atoms with van der Waals surface area (Å²) in [6.45, 7) is 7.08. The summed E-state index contributed by atoms with van der Waals surface area (Å²) in [5, 5.41) is 0. The van der Waals surface area contributed by atoms with Gasteiger partial charge in [0.05, 0.1) is 31.1 Å². The fraction of sp³-hybridized carbons (Fsp3) is 0.429. The number of benzene rings is 2. The molecule has 0 aliphatic carbocycles. The molecule has 2 aromatic carbocycles. The molecule has 0 spiro atoms. The van der Waals surface area contributed by atoms with E-state index in [4.69, 9.17) is 18.9 Å². The van der Waals surface area contributed by atoms with Gasteiger partial charge in [-0.2, -0.15) is 0 Å². The third-order valence-corrected chi connectivity index (χ3v) is 7.43. The number of ether oxygens (including phenoxy) is 4. The molecule has 0 amide bonds. The van der Waals surface area contributed by atoms with Crippen LogP contribution in [-0.4, -0.2) is 38.6 Å². The molecule has 29 heavy (non-hydrogen) atoms. The van der Waals surface area contributed by atoms with Gasteiger partial charge >= 0.3 is 0 Å². The van der Waals surface area contributed by atoms with Gasteiger partial charge in [-0.1, -0.05) is 13.8 Å². The molecule has 2 atom stereocenters. The minimum absolute atomic E-state index is 0.215. The molecule has 8 heteroatoms. The molecule has 0 saturated carbocycles. The van der Waals surface area contributed by atoms with Gasteiger partial charge in [-0.15, -0.1) is 0 Å². The Morgan fingerprint density at radius 2 is 1.07 bits per heavy atom. The molecule has 0 radical (unpaired) electrons. The molecule has 0 bridgehead atoms. The van der Waals surface area contributed by atoms with Crippen LogP contribution in [0.4, 0.5) is 0 Å². The SMILES string of the molecule is CC(C)(c1cc(Br)c(OC[C@H]2CO2)c(Br)c1)c1cc(Br)c(OC[C@H]2CO2)c(Br)c1. The summed E-state index contributed by atoms with van der Waals surface area (Å²) < 4.78 is 25.9. The van der Waals surface area contributed by atoms with E-state index >= 15 is 0 Å². The maximum Gasteiger partial charge on any atom is 0.147 e. The summed E-state index contributed by atoms with van der Waals surface area (Å²) >= 11 is 14.7. The molecule has 2 saturated heterocycles. The highest BCUT2D eigenvalue weighted by Gasteiger charge is 2.29. The predicted octanol–water partition coefficient (Wildman–Crippen LogP) is 6.62. The molecule has 156 valence electrons. The van der Waals surface area contributed by atoms with Crippen molar-refractivity contribution in [3.05, 3.63) is 53.3 Å². The Bertz CT molecular complexity index is 803. The number of hydrogen-bond acceptors (Lipinski definition) is 4. The van der Waals surface area contributed by atoms with Gasteiger partial charge in [0.15, 0.2) is 0 Å². The highest BCUT2D eigenvalue weighted by Crippen LogP contribution is 2.44. The maximum atomic E-state index is 5.91. The molecule has 2 aliphatic heterocycles. The van der Waals surface area contributed by atoms with E-state index in [-0.39, 0.29) is 17.6 Å². The van der Waals surface area contributed by atoms with Gasteiger partial charge in [0.2, 0.25) is 0 Å². The third kappa shape index (κ3) is 5.21. The van der Waals surface area contributed by atoms with Crippen LogP contribution in [0.3, 0.4) is 0 Å². The Morgan fingerprint density at radius 1 is 0.759 bits per heavy atom. The maximum absolute atomic E-state index is 5.91. The van der Waals surface area contributed by atoms with Gasteiger partial charge in [0.25, 0.3) is 0 Å². The highest BCUT2D eigenvalue weighted by atomic mass is 79.9. The Kier molecular flexibility index (Phi) is 6.69. The average molecular weight is 656 g/mol. The van der Waals surface area contributed by atoms with Crippen molar-refractivity contribution < 1.29 is 18.9 Å². The summed E-state index contributed by atoms with van der Waals surface area (Å²) in [6.07, 6.45) is 0.429. The van der Waals surface area contributed by atoms with Crippen LogP contribution in [0.5, 0.6) is 11.5 Å². The Labute approximate surface area is 204 Å². The average Bonchev–Trinajstić information content (AvgIpc) is 3.54. The van der Waals surface area contributed by atoms with E-state index in [1.54, 1.807) is 0 Å². The van der Waals surface area contributed by atoms with Gasteiger partial charge in [-0.25, -0.2) is 0 Å². The van der Waals surface area contributed by atoms with E-state index in [1.165, 1.54) is 0 Å². The smallest absolute Gasteiger partial charge is 0.147 e. The molecular formula is C21H20Br4O4. The first-order chi connectivity index (χ1) is 13.8.